The summed E-state index contributed by atoms with van der Waals surface area (Å²) < 4.78 is 9.37. The van der Waals surface area contributed by atoms with E-state index in [1.165, 1.54) is 36.1 Å². The monoisotopic (exact) mass is 468 g/mol. The standard InChI is InChI=1S/C24H28N4O2S2/c1-3-4-5-6-9-15-31-24-26-25-23-27(17-12-7-8-13-18(17)30-2)21(29)20-16-11-10-14-19(16)32-22(20)28(23)24/h7-8,12-13H,3-6,9-11,14-15H2,1-2H3. The molecule has 8 heteroatoms. The Hall–Kier alpha value is -2.32. The third kappa shape index (κ3) is 3.63. The van der Waals surface area contributed by atoms with Gasteiger partial charge >= 0.3 is 0 Å². The number of hydrogen-bond donors (Lipinski definition) is 0. The van der Waals surface area contributed by atoms with E-state index in [-0.39, 0.29) is 5.56 Å². The van der Waals surface area contributed by atoms with Crippen LogP contribution in [0.15, 0.2) is 34.2 Å². The van der Waals surface area contributed by atoms with Crippen LogP contribution in [-0.4, -0.2) is 32.0 Å². The van der Waals surface area contributed by atoms with Gasteiger partial charge in [-0.2, -0.15) is 0 Å². The third-order valence-corrected chi connectivity index (χ3v) is 8.44. The van der Waals surface area contributed by atoms with Crippen molar-refractivity contribution in [2.24, 2.45) is 0 Å². The number of fused-ring (bicyclic) bond motifs is 5. The Morgan fingerprint density at radius 2 is 1.97 bits per heavy atom. The average molecular weight is 469 g/mol. The molecule has 5 rings (SSSR count). The average Bonchev–Trinajstić information content (AvgIpc) is 3.51. The van der Waals surface area contributed by atoms with Crippen molar-refractivity contribution in [2.45, 2.75) is 63.4 Å². The van der Waals surface area contributed by atoms with Crippen LogP contribution in [0.4, 0.5) is 0 Å². The second kappa shape index (κ2) is 9.27. The van der Waals surface area contributed by atoms with Crippen molar-refractivity contribution in [2.75, 3.05) is 12.9 Å². The van der Waals surface area contributed by atoms with Crippen molar-refractivity contribution in [3.8, 4) is 11.4 Å². The van der Waals surface area contributed by atoms with Gasteiger partial charge in [0.05, 0.1) is 18.2 Å². The predicted octanol–water partition coefficient (Wildman–Crippen LogP) is 5.65. The molecule has 3 aromatic heterocycles. The summed E-state index contributed by atoms with van der Waals surface area (Å²) in [6, 6.07) is 7.62. The van der Waals surface area contributed by atoms with E-state index in [2.05, 4.69) is 21.5 Å². The number of thiophene rings is 1. The molecule has 0 radical (unpaired) electrons. The number of rotatable bonds is 9. The highest BCUT2D eigenvalue weighted by Gasteiger charge is 2.27. The number of benzene rings is 1. The molecule has 6 nitrogen and oxygen atoms in total. The first-order valence-electron chi connectivity index (χ1n) is 11.4. The first kappa shape index (κ1) is 21.5. The molecule has 168 valence electrons. The molecule has 3 heterocycles. The second-order valence-corrected chi connectivity index (χ2v) is 10.4. The molecule has 32 heavy (non-hydrogen) atoms. The molecule has 0 unspecified atom stereocenters. The van der Waals surface area contributed by atoms with Gasteiger partial charge in [-0.15, -0.1) is 21.5 Å². The van der Waals surface area contributed by atoms with Gasteiger partial charge in [0.2, 0.25) is 5.78 Å². The maximum Gasteiger partial charge on any atom is 0.268 e. The fourth-order valence-corrected chi connectivity index (χ4v) is 6.92. The summed E-state index contributed by atoms with van der Waals surface area (Å²) in [6.45, 7) is 2.24. The Balaban J connectivity index is 1.66. The fourth-order valence-electron chi connectivity index (χ4n) is 4.55. The van der Waals surface area contributed by atoms with Gasteiger partial charge in [-0.25, -0.2) is 8.97 Å². The van der Waals surface area contributed by atoms with Crippen molar-refractivity contribution < 1.29 is 4.74 Å². The van der Waals surface area contributed by atoms with E-state index in [4.69, 9.17) is 4.74 Å². The molecule has 0 amide bonds. The van der Waals surface area contributed by atoms with Crippen molar-refractivity contribution >= 4 is 39.1 Å². The van der Waals surface area contributed by atoms with Crippen LogP contribution in [-0.2, 0) is 12.8 Å². The molecule has 0 spiro atoms. The van der Waals surface area contributed by atoms with Gasteiger partial charge in [0, 0.05) is 10.6 Å². The molecule has 0 fully saturated rings. The minimum Gasteiger partial charge on any atom is -0.495 e. The normalized spacial score (nSPS) is 13.3. The SMILES string of the molecule is CCCCCCCSc1nnc2n(-c3ccccc3OC)c(=O)c3c4c(sc3n12)CCC4. The minimum atomic E-state index is -0.0279. The molecule has 0 N–H and O–H groups in total. The Morgan fingerprint density at radius 1 is 1.12 bits per heavy atom. The van der Waals surface area contributed by atoms with Gasteiger partial charge in [0.15, 0.2) is 5.16 Å². The van der Waals surface area contributed by atoms with E-state index in [0.717, 1.165) is 46.8 Å². The van der Waals surface area contributed by atoms with Gasteiger partial charge < -0.3 is 4.74 Å². The fraction of sp³-hybridized carbons (Fsp3) is 0.458. The molecule has 0 saturated carbocycles. The number of ether oxygens (including phenoxy) is 1. The molecule has 4 aromatic rings. The van der Waals surface area contributed by atoms with E-state index in [9.17, 15) is 4.79 Å². The number of unbranched alkanes of at least 4 members (excludes halogenated alkanes) is 4. The summed E-state index contributed by atoms with van der Waals surface area (Å²) in [5.41, 5.74) is 1.89. The lowest BCUT2D eigenvalue weighted by Crippen LogP contribution is -2.22. The van der Waals surface area contributed by atoms with Crippen LogP contribution in [0.3, 0.4) is 0 Å². The molecule has 0 bridgehead atoms. The van der Waals surface area contributed by atoms with Gasteiger partial charge in [-0.3, -0.25) is 4.79 Å². The summed E-state index contributed by atoms with van der Waals surface area (Å²) >= 11 is 3.48. The molecule has 0 saturated heterocycles. The number of methoxy groups -OCH3 is 1. The van der Waals surface area contributed by atoms with Crippen LogP contribution in [0.25, 0.3) is 21.7 Å². The Bertz CT molecular complexity index is 1320. The lowest BCUT2D eigenvalue weighted by molar-refractivity contribution is 0.413. The van der Waals surface area contributed by atoms with Crippen LogP contribution in [0, 0.1) is 0 Å². The number of aryl methyl sites for hydroxylation is 2. The Kier molecular flexibility index (Phi) is 6.24. The van der Waals surface area contributed by atoms with Gasteiger partial charge in [0.25, 0.3) is 5.56 Å². The zero-order valence-electron chi connectivity index (χ0n) is 18.6. The summed E-state index contributed by atoms with van der Waals surface area (Å²) in [5.74, 6) is 2.21. The lowest BCUT2D eigenvalue weighted by Gasteiger charge is -2.13. The maximum atomic E-state index is 13.8. The van der Waals surface area contributed by atoms with E-state index in [1.54, 1.807) is 34.8 Å². The molecule has 1 aliphatic carbocycles. The van der Waals surface area contributed by atoms with Crippen LogP contribution in [0.1, 0.15) is 55.9 Å². The van der Waals surface area contributed by atoms with E-state index in [1.807, 2.05) is 24.3 Å². The van der Waals surface area contributed by atoms with E-state index < -0.39 is 0 Å². The first-order chi connectivity index (χ1) is 15.7. The minimum absolute atomic E-state index is 0.0279. The van der Waals surface area contributed by atoms with Gasteiger partial charge in [-0.1, -0.05) is 56.5 Å². The van der Waals surface area contributed by atoms with Crippen LogP contribution in [0.2, 0.25) is 0 Å². The summed E-state index contributed by atoms with van der Waals surface area (Å²) in [7, 11) is 1.63. The highest BCUT2D eigenvalue weighted by molar-refractivity contribution is 7.99. The smallest absolute Gasteiger partial charge is 0.268 e. The van der Waals surface area contributed by atoms with Crippen molar-refractivity contribution in [3.63, 3.8) is 0 Å². The quantitative estimate of drug-likeness (QED) is 0.234. The van der Waals surface area contributed by atoms with E-state index >= 15 is 0 Å². The summed E-state index contributed by atoms with van der Waals surface area (Å²) in [6.07, 6.45) is 9.37. The van der Waals surface area contributed by atoms with Crippen LogP contribution >= 0.6 is 23.1 Å². The molecule has 0 aliphatic heterocycles. The largest absolute Gasteiger partial charge is 0.495 e. The molecule has 0 atom stereocenters. The topological polar surface area (TPSA) is 61.4 Å². The third-order valence-electron chi connectivity index (χ3n) is 6.14. The van der Waals surface area contributed by atoms with Crippen LogP contribution < -0.4 is 10.3 Å². The number of hydrogen-bond acceptors (Lipinski definition) is 6. The Morgan fingerprint density at radius 3 is 2.81 bits per heavy atom. The zero-order chi connectivity index (χ0) is 22.1. The molecular formula is C24H28N4O2S2. The van der Waals surface area contributed by atoms with Crippen LogP contribution in [0.5, 0.6) is 5.75 Å². The van der Waals surface area contributed by atoms with Crippen molar-refractivity contribution in [1.29, 1.82) is 0 Å². The summed E-state index contributed by atoms with van der Waals surface area (Å²) in [4.78, 5) is 16.1. The number of para-hydroxylation sites is 2. The van der Waals surface area contributed by atoms with Gasteiger partial charge in [0.1, 0.15) is 10.6 Å². The Labute approximate surface area is 195 Å². The molecular weight excluding hydrogens is 440 g/mol. The highest BCUT2D eigenvalue weighted by atomic mass is 32.2. The lowest BCUT2D eigenvalue weighted by atomic mass is 10.2. The number of thioether (sulfide) groups is 1. The highest BCUT2D eigenvalue weighted by Crippen LogP contribution is 2.38. The molecule has 1 aromatic carbocycles. The van der Waals surface area contributed by atoms with Gasteiger partial charge in [-0.05, 0) is 43.4 Å². The maximum absolute atomic E-state index is 13.8. The second-order valence-electron chi connectivity index (χ2n) is 8.23. The summed E-state index contributed by atoms with van der Waals surface area (Å²) in [5, 5.41) is 10.7. The first-order valence-corrected chi connectivity index (χ1v) is 13.3. The zero-order valence-corrected chi connectivity index (χ0v) is 20.2. The number of nitrogens with zero attached hydrogens (tertiary/aromatic N) is 4. The van der Waals surface area contributed by atoms with Crippen molar-refractivity contribution in [3.05, 3.63) is 45.1 Å². The number of aromatic nitrogens is 4. The van der Waals surface area contributed by atoms with Crippen molar-refractivity contribution in [1.82, 2.24) is 19.2 Å². The molecule has 1 aliphatic rings. The van der Waals surface area contributed by atoms with E-state index in [0.29, 0.717) is 17.2 Å². The predicted molar refractivity (Wildman–Crippen MR) is 132 cm³/mol.